The van der Waals surface area contributed by atoms with Crippen LogP contribution in [0.3, 0.4) is 0 Å². The first-order chi connectivity index (χ1) is 17.0. The number of sulfonamides is 1. The Hall–Kier alpha value is -2.19. The first-order valence-electron chi connectivity index (χ1n) is 12.8. The number of hydrogen-bond acceptors (Lipinski definition) is 5. The maximum atomic E-state index is 13.6. The number of aliphatic hydroxyl groups is 1. The molecule has 2 heterocycles. The standard InChI is InChI=1S/C28H36N2O4S/c1-34-24-10-7-11-25(18-24)35(32,33)29-16-5-6-17-30-26(19-29)28(27(30)20-31)23-14-12-22(13-15-23)21-8-3-2-4-9-21/h7-8,10-15,18,26-28,31H,2-6,9,16-17,19-20H2,1H3/t26-,27+,28+/m0/s1. The third kappa shape index (κ3) is 4.79. The summed E-state index contributed by atoms with van der Waals surface area (Å²) in [7, 11) is -2.11. The van der Waals surface area contributed by atoms with Gasteiger partial charge in [0.1, 0.15) is 5.75 Å². The van der Waals surface area contributed by atoms with E-state index in [0.29, 0.717) is 18.8 Å². The van der Waals surface area contributed by atoms with E-state index < -0.39 is 10.0 Å². The van der Waals surface area contributed by atoms with Crippen molar-refractivity contribution in [3.8, 4) is 5.75 Å². The van der Waals surface area contributed by atoms with Gasteiger partial charge in [0, 0.05) is 37.2 Å². The summed E-state index contributed by atoms with van der Waals surface area (Å²) < 4.78 is 34.1. The summed E-state index contributed by atoms with van der Waals surface area (Å²) in [4.78, 5) is 2.58. The van der Waals surface area contributed by atoms with Crippen molar-refractivity contribution in [2.75, 3.05) is 33.4 Å². The third-order valence-electron chi connectivity index (χ3n) is 7.97. The van der Waals surface area contributed by atoms with E-state index in [4.69, 9.17) is 4.74 Å². The van der Waals surface area contributed by atoms with Crippen LogP contribution >= 0.6 is 0 Å². The molecule has 3 atom stereocenters. The fourth-order valence-electron chi connectivity index (χ4n) is 6.06. The monoisotopic (exact) mass is 496 g/mol. The van der Waals surface area contributed by atoms with Gasteiger partial charge < -0.3 is 9.84 Å². The van der Waals surface area contributed by atoms with Crippen molar-refractivity contribution in [2.24, 2.45) is 0 Å². The lowest BCUT2D eigenvalue weighted by Crippen LogP contribution is -2.67. The largest absolute Gasteiger partial charge is 0.497 e. The summed E-state index contributed by atoms with van der Waals surface area (Å²) in [6.45, 7) is 1.90. The Labute approximate surface area is 209 Å². The second-order valence-corrected chi connectivity index (χ2v) is 11.9. The highest BCUT2D eigenvalue weighted by molar-refractivity contribution is 7.89. The maximum absolute atomic E-state index is 13.6. The van der Waals surface area contributed by atoms with Gasteiger partial charge in [0.25, 0.3) is 0 Å². The molecule has 2 aromatic rings. The highest BCUT2D eigenvalue weighted by atomic mass is 32.2. The van der Waals surface area contributed by atoms with Crippen LogP contribution in [0.5, 0.6) is 5.75 Å². The Morgan fingerprint density at radius 2 is 1.83 bits per heavy atom. The van der Waals surface area contributed by atoms with E-state index in [1.54, 1.807) is 35.7 Å². The number of allylic oxidation sites excluding steroid dienone is 2. The topological polar surface area (TPSA) is 70.1 Å². The first kappa shape index (κ1) is 24.5. The molecular weight excluding hydrogens is 460 g/mol. The Bertz CT molecular complexity index is 1160. The zero-order valence-electron chi connectivity index (χ0n) is 20.5. The quantitative estimate of drug-likeness (QED) is 0.647. The van der Waals surface area contributed by atoms with Gasteiger partial charge >= 0.3 is 0 Å². The van der Waals surface area contributed by atoms with Gasteiger partial charge in [-0.2, -0.15) is 4.31 Å². The van der Waals surface area contributed by atoms with E-state index in [1.807, 2.05) is 0 Å². The van der Waals surface area contributed by atoms with E-state index in [-0.39, 0.29) is 29.5 Å². The Morgan fingerprint density at radius 1 is 1.03 bits per heavy atom. The Morgan fingerprint density at radius 3 is 2.54 bits per heavy atom. The lowest BCUT2D eigenvalue weighted by atomic mass is 9.74. The van der Waals surface area contributed by atoms with Gasteiger partial charge in [0.05, 0.1) is 18.6 Å². The molecule has 6 nitrogen and oxygen atoms in total. The van der Waals surface area contributed by atoms with Crippen molar-refractivity contribution in [3.05, 3.63) is 65.7 Å². The molecule has 2 fully saturated rings. The molecule has 1 N–H and O–H groups in total. The minimum Gasteiger partial charge on any atom is -0.497 e. The van der Waals surface area contributed by atoms with E-state index in [1.165, 1.54) is 29.5 Å². The second-order valence-electron chi connectivity index (χ2n) is 9.93. The van der Waals surface area contributed by atoms with Crippen molar-refractivity contribution >= 4 is 15.6 Å². The zero-order chi connectivity index (χ0) is 24.4. The molecule has 2 aliphatic heterocycles. The SMILES string of the molecule is COc1cccc(S(=O)(=O)N2CCCCN3[C@H](CO)[C@H](c4ccc(C5=CCCCC5)cc4)[C@@H]3C2)c1. The van der Waals surface area contributed by atoms with Gasteiger partial charge in [0.15, 0.2) is 0 Å². The number of rotatable bonds is 6. The summed E-state index contributed by atoms with van der Waals surface area (Å²) in [6, 6.07) is 15.6. The number of fused-ring (bicyclic) bond motifs is 1. The lowest BCUT2D eigenvalue weighted by molar-refractivity contribution is -0.0553. The number of benzene rings is 2. The average molecular weight is 497 g/mol. The van der Waals surface area contributed by atoms with Gasteiger partial charge in [-0.25, -0.2) is 8.42 Å². The van der Waals surface area contributed by atoms with Crippen LogP contribution in [0.4, 0.5) is 0 Å². The molecule has 0 saturated carbocycles. The predicted octanol–water partition coefficient (Wildman–Crippen LogP) is 4.27. The number of methoxy groups -OCH3 is 1. The first-order valence-corrected chi connectivity index (χ1v) is 14.3. The van der Waals surface area contributed by atoms with Gasteiger partial charge in [0.2, 0.25) is 10.0 Å². The molecule has 35 heavy (non-hydrogen) atoms. The molecule has 188 valence electrons. The summed E-state index contributed by atoms with van der Waals surface area (Å²) in [5.74, 6) is 0.644. The number of nitrogens with zero attached hydrogens (tertiary/aromatic N) is 2. The van der Waals surface area contributed by atoms with Crippen molar-refractivity contribution < 1.29 is 18.3 Å². The Kier molecular flexibility index (Phi) is 7.30. The summed E-state index contributed by atoms with van der Waals surface area (Å²) >= 11 is 0. The molecule has 2 aromatic carbocycles. The second kappa shape index (κ2) is 10.4. The molecule has 0 unspecified atom stereocenters. The lowest BCUT2D eigenvalue weighted by Gasteiger charge is -2.57. The van der Waals surface area contributed by atoms with Crippen molar-refractivity contribution in [1.29, 1.82) is 0 Å². The van der Waals surface area contributed by atoms with Crippen LogP contribution in [0.2, 0.25) is 0 Å². The number of ether oxygens (including phenoxy) is 1. The Balaban J connectivity index is 1.41. The highest BCUT2D eigenvalue weighted by Crippen LogP contribution is 2.43. The molecule has 2 saturated heterocycles. The predicted molar refractivity (Wildman–Crippen MR) is 138 cm³/mol. The van der Waals surface area contributed by atoms with E-state index in [0.717, 1.165) is 32.2 Å². The van der Waals surface area contributed by atoms with Crippen LogP contribution in [0.25, 0.3) is 5.57 Å². The maximum Gasteiger partial charge on any atom is 0.243 e. The summed E-state index contributed by atoms with van der Waals surface area (Å²) in [6.07, 6.45) is 8.88. The van der Waals surface area contributed by atoms with Crippen LogP contribution in [0.1, 0.15) is 55.6 Å². The molecule has 3 aliphatic rings. The summed E-state index contributed by atoms with van der Waals surface area (Å²) in [5.41, 5.74) is 3.90. The minimum atomic E-state index is -3.65. The average Bonchev–Trinajstić information content (AvgIpc) is 2.88. The van der Waals surface area contributed by atoms with Crippen molar-refractivity contribution in [2.45, 2.75) is 61.4 Å². The van der Waals surface area contributed by atoms with Crippen LogP contribution < -0.4 is 4.74 Å². The summed E-state index contributed by atoms with van der Waals surface area (Å²) in [5, 5.41) is 10.2. The molecule has 0 bridgehead atoms. The molecule has 0 amide bonds. The van der Waals surface area contributed by atoms with Crippen LogP contribution in [-0.4, -0.2) is 68.2 Å². The molecular formula is C28H36N2O4S. The van der Waals surface area contributed by atoms with E-state index in [2.05, 4.69) is 35.2 Å². The number of aliphatic hydroxyl groups excluding tert-OH is 1. The molecule has 0 spiro atoms. The molecule has 0 aromatic heterocycles. The zero-order valence-corrected chi connectivity index (χ0v) is 21.3. The normalized spacial score (nSPS) is 26.1. The highest BCUT2D eigenvalue weighted by Gasteiger charge is 2.50. The van der Waals surface area contributed by atoms with Gasteiger partial charge in [-0.05, 0) is 73.9 Å². The third-order valence-corrected chi connectivity index (χ3v) is 9.83. The fourth-order valence-corrected chi connectivity index (χ4v) is 7.59. The van der Waals surface area contributed by atoms with Gasteiger partial charge in [-0.3, -0.25) is 4.90 Å². The van der Waals surface area contributed by atoms with E-state index >= 15 is 0 Å². The van der Waals surface area contributed by atoms with Crippen LogP contribution in [-0.2, 0) is 10.0 Å². The minimum absolute atomic E-state index is 0.0271. The number of hydrogen-bond donors (Lipinski definition) is 1. The molecule has 7 heteroatoms. The molecule has 0 radical (unpaired) electrons. The van der Waals surface area contributed by atoms with Crippen LogP contribution in [0, 0.1) is 0 Å². The van der Waals surface area contributed by atoms with Crippen molar-refractivity contribution in [1.82, 2.24) is 9.21 Å². The molecule has 5 rings (SSSR count). The molecule has 1 aliphatic carbocycles. The van der Waals surface area contributed by atoms with Gasteiger partial charge in [-0.15, -0.1) is 0 Å². The fraction of sp³-hybridized carbons (Fsp3) is 0.500. The van der Waals surface area contributed by atoms with Gasteiger partial charge in [-0.1, -0.05) is 36.4 Å². The smallest absolute Gasteiger partial charge is 0.243 e. The van der Waals surface area contributed by atoms with E-state index in [9.17, 15) is 13.5 Å². The van der Waals surface area contributed by atoms with Crippen LogP contribution in [0.15, 0.2) is 59.5 Å². The van der Waals surface area contributed by atoms with Crippen molar-refractivity contribution in [3.63, 3.8) is 0 Å².